The zero-order valence-electron chi connectivity index (χ0n) is 13.9. The van der Waals surface area contributed by atoms with Crippen LogP contribution in [0.2, 0.25) is 0 Å². The van der Waals surface area contributed by atoms with Crippen molar-refractivity contribution in [1.29, 1.82) is 0 Å². The number of hydrogen-bond donors (Lipinski definition) is 2. The van der Waals surface area contributed by atoms with Crippen LogP contribution >= 0.6 is 24.0 Å². The Morgan fingerprint density at radius 3 is 2.73 bits per heavy atom. The standard InChI is InChI=1S/C14H27N5O2.HI/c1-5-15-14(17-9-10-20-4)16-8-6-7-12-18-13(11(2)3)19-21-12;/h11H,5-10H2,1-4H3,(H2,15,16,17);1H. The monoisotopic (exact) mass is 425 g/mol. The van der Waals surface area contributed by atoms with Crippen LogP contribution in [0.4, 0.5) is 0 Å². The molecule has 0 aromatic carbocycles. The Kier molecular flexibility index (Phi) is 12.1. The summed E-state index contributed by atoms with van der Waals surface area (Å²) < 4.78 is 10.2. The highest BCUT2D eigenvalue weighted by molar-refractivity contribution is 14.0. The van der Waals surface area contributed by atoms with Gasteiger partial charge in [-0.3, -0.25) is 4.99 Å². The van der Waals surface area contributed by atoms with Crippen molar-refractivity contribution < 1.29 is 9.26 Å². The number of nitrogens with one attached hydrogen (secondary N) is 2. The molecule has 0 aliphatic rings. The van der Waals surface area contributed by atoms with Gasteiger partial charge in [0.25, 0.3) is 0 Å². The molecule has 0 aliphatic heterocycles. The van der Waals surface area contributed by atoms with Gasteiger partial charge in [0.15, 0.2) is 11.8 Å². The van der Waals surface area contributed by atoms with Gasteiger partial charge in [-0.1, -0.05) is 19.0 Å². The molecule has 0 saturated heterocycles. The van der Waals surface area contributed by atoms with E-state index in [4.69, 9.17) is 9.26 Å². The fraction of sp³-hybridized carbons (Fsp3) is 0.786. The van der Waals surface area contributed by atoms with E-state index in [-0.39, 0.29) is 24.0 Å². The second-order valence-electron chi connectivity index (χ2n) is 4.98. The predicted molar refractivity (Wildman–Crippen MR) is 98.0 cm³/mol. The molecule has 1 aromatic rings. The van der Waals surface area contributed by atoms with Gasteiger partial charge in [0.2, 0.25) is 5.89 Å². The molecule has 0 spiro atoms. The van der Waals surface area contributed by atoms with E-state index < -0.39 is 0 Å². The smallest absolute Gasteiger partial charge is 0.226 e. The van der Waals surface area contributed by atoms with Gasteiger partial charge in [-0.25, -0.2) is 0 Å². The fourth-order valence-electron chi connectivity index (χ4n) is 1.64. The van der Waals surface area contributed by atoms with E-state index >= 15 is 0 Å². The minimum Gasteiger partial charge on any atom is -0.383 e. The number of aliphatic imine (C=N–C) groups is 1. The number of ether oxygens (including phenoxy) is 1. The van der Waals surface area contributed by atoms with Crippen LogP contribution in [0.25, 0.3) is 0 Å². The molecule has 0 unspecified atom stereocenters. The SMILES string of the molecule is CCNC(=NCCCc1nc(C(C)C)no1)NCCOC.I. The number of methoxy groups -OCH3 is 1. The Morgan fingerprint density at radius 1 is 1.36 bits per heavy atom. The van der Waals surface area contributed by atoms with Crippen molar-refractivity contribution in [2.24, 2.45) is 4.99 Å². The highest BCUT2D eigenvalue weighted by Gasteiger charge is 2.08. The zero-order chi connectivity index (χ0) is 15.5. The molecule has 2 N–H and O–H groups in total. The highest BCUT2D eigenvalue weighted by Crippen LogP contribution is 2.10. The molecule has 1 aromatic heterocycles. The molecule has 0 saturated carbocycles. The Bertz CT molecular complexity index is 423. The van der Waals surface area contributed by atoms with Crippen molar-refractivity contribution in [3.05, 3.63) is 11.7 Å². The van der Waals surface area contributed by atoms with Crippen molar-refractivity contribution in [3.8, 4) is 0 Å². The molecule has 22 heavy (non-hydrogen) atoms. The highest BCUT2D eigenvalue weighted by atomic mass is 127. The van der Waals surface area contributed by atoms with E-state index in [1.807, 2.05) is 20.8 Å². The van der Waals surface area contributed by atoms with E-state index in [2.05, 4.69) is 25.8 Å². The van der Waals surface area contributed by atoms with Crippen molar-refractivity contribution in [2.75, 3.05) is 33.4 Å². The van der Waals surface area contributed by atoms with E-state index in [9.17, 15) is 0 Å². The summed E-state index contributed by atoms with van der Waals surface area (Å²) in [6.07, 6.45) is 1.63. The van der Waals surface area contributed by atoms with E-state index in [1.54, 1.807) is 7.11 Å². The second kappa shape index (κ2) is 12.6. The fourth-order valence-corrected chi connectivity index (χ4v) is 1.64. The first-order chi connectivity index (χ1) is 10.2. The molecule has 128 valence electrons. The lowest BCUT2D eigenvalue weighted by molar-refractivity contribution is 0.203. The molecule has 1 rings (SSSR count). The molecule has 0 atom stereocenters. The molecule has 0 fully saturated rings. The third-order valence-corrected chi connectivity index (χ3v) is 2.76. The quantitative estimate of drug-likeness (QED) is 0.272. The molecule has 8 heteroatoms. The molecular formula is C14H28IN5O2. The number of nitrogens with zero attached hydrogens (tertiary/aromatic N) is 3. The number of halogens is 1. The molecule has 0 amide bonds. The molecule has 0 aliphatic carbocycles. The molecule has 0 bridgehead atoms. The van der Waals surface area contributed by atoms with E-state index in [1.165, 1.54) is 0 Å². The maximum absolute atomic E-state index is 5.20. The normalized spacial score (nSPS) is 11.4. The first-order valence-electron chi connectivity index (χ1n) is 7.51. The van der Waals surface area contributed by atoms with Crippen molar-refractivity contribution in [1.82, 2.24) is 20.8 Å². The zero-order valence-corrected chi connectivity index (χ0v) is 16.2. The summed E-state index contributed by atoms with van der Waals surface area (Å²) in [4.78, 5) is 8.84. The van der Waals surface area contributed by atoms with Crippen molar-refractivity contribution in [3.63, 3.8) is 0 Å². The number of hydrogen-bond acceptors (Lipinski definition) is 5. The Hall–Kier alpha value is -0.900. The predicted octanol–water partition coefficient (Wildman–Crippen LogP) is 1.95. The number of aromatic nitrogens is 2. The van der Waals surface area contributed by atoms with Gasteiger partial charge in [0, 0.05) is 39.1 Å². The van der Waals surface area contributed by atoms with E-state index in [0.29, 0.717) is 25.0 Å². The lowest BCUT2D eigenvalue weighted by Gasteiger charge is -2.10. The Balaban J connectivity index is 0.00000441. The minimum absolute atomic E-state index is 0. The van der Waals surface area contributed by atoms with Crippen molar-refractivity contribution in [2.45, 2.75) is 39.5 Å². The summed E-state index contributed by atoms with van der Waals surface area (Å²) in [5.41, 5.74) is 0. The van der Waals surface area contributed by atoms with Gasteiger partial charge >= 0.3 is 0 Å². The van der Waals surface area contributed by atoms with Crippen LogP contribution < -0.4 is 10.6 Å². The van der Waals surface area contributed by atoms with Gasteiger partial charge in [0.1, 0.15) is 0 Å². The summed E-state index contributed by atoms with van der Waals surface area (Å²) in [5, 5.41) is 10.3. The van der Waals surface area contributed by atoms with Crippen molar-refractivity contribution >= 4 is 29.9 Å². The van der Waals surface area contributed by atoms with Crippen LogP contribution in [0.3, 0.4) is 0 Å². The molecule has 7 nitrogen and oxygen atoms in total. The third-order valence-electron chi connectivity index (χ3n) is 2.76. The van der Waals surface area contributed by atoms with Crippen LogP contribution in [-0.4, -0.2) is 49.5 Å². The lowest BCUT2D eigenvalue weighted by Crippen LogP contribution is -2.39. The largest absolute Gasteiger partial charge is 0.383 e. The first kappa shape index (κ1) is 21.1. The van der Waals surface area contributed by atoms with Gasteiger partial charge in [-0.05, 0) is 13.3 Å². The maximum atomic E-state index is 5.20. The second-order valence-corrected chi connectivity index (χ2v) is 4.98. The summed E-state index contributed by atoms with van der Waals surface area (Å²) in [6.45, 7) is 9.08. The number of guanidine groups is 1. The van der Waals surface area contributed by atoms with Crippen LogP contribution in [0.1, 0.15) is 44.8 Å². The van der Waals surface area contributed by atoms with E-state index in [0.717, 1.165) is 37.7 Å². The average Bonchev–Trinajstić information content (AvgIpc) is 2.93. The van der Waals surface area contributed by atoms with Crippen LogP contribution in [0, 0.1) is 0 Å². The molecular weight excluding hydrogens is 397 g/mol. The first-order valence-corrected chi connectivity index (χ1v) is 7.51. The van der Waals surface area contributed by atoms with Gasteiger partial charge in [-0.15, -0.1) is 24.0 Å². The molecule has 0 radical (unpaired) electrons. The topological polar surface area (TPSA) is 84.6 Å². The summed E-state index contributed by atoms with van der Waals surface area (Å²) in [5.74, 6) is 2.56. The number of aryl methyl sites for hydroxylation is 1. The molecule has 1 heterocycles. The van der Waals surface area contributed by atoms with Crippen LogP contribution in [0.15, 0.2) is 9.52 Å². The van der Waals surface area contributed by atoms with Gasteiger partial charge in [-0.2, -0.15) is 4.98 Å². The number of rotatable bonds is 9. The van der Waals surface area contributed by atoms with Gasteiger partial charge < -0.3 is 19.9 Å². The van der Waals surface area contributed by atoms with Crippen LogP contribution in [0.5, 0.6) is 0 Å². The summed E-state index contributed by atoms with van der Waals surface area (Å²) in [6, 6.07) is 0. The summed E-state index contributed by atoms with van der Waals surface area (Å²) in [7, 11) is 1.68. The van der Waals surface area contributed by atoms with Crippen LogP contribution in [-0.2, 0) is 11.2 Å². The average molecular weight is 425 g/mol. The lowest BCUT2D eigenvalue weighted by atomic mass is 10.2. The minimum atomic E-state index is 0. The van der Waals surface area contributed by atoms with Gasteiger partial charge in [0.05, 0.1) is 6.61 Å². The Morgan fingerprint density at radius 2 is 2.14 bits per heavy atom. The summed E-state index contributed by atoms with van der Waals surface area (Å²) >= 11 is 0. The third kappa shape index (κ3) is 8.52. The Labute approximate surface area is 149 Å². The maximum Gasteiger partial charge on any atom is 0.226 e.